The Morgan fingerprint density at radius 3 is 2.88 bits per heavy atom. The van der Waals surface area contributed by atoms with Crippen LogP contribution in [0, 0.1) is 0 Å². The minimum atomic E-state index is -0.185. The maximum Gasteiger partial charge on any atom is 0.258 e. The van der Waals surface area contributed by atoms with Crippen molar-refractivity contribution in [3.8, 4) is 0 Å². The second-order valence-electron chi connectivity index (χ2n) is 3.65. The van der Waals surface area contributed by atoms with Crippen LogP contribution in [0.25, 0.3) is 0 Å². The number of aromatic nitrogens is 2. The van der Waals surface area contributed by atoms with Gasteiger partial charge in [-0.2, -0.15) is 5.10 Å². The summed E-state index contributed by atoms with van der Waals surface area (Å²) in [6, 6.07) is 7.45. The van der Waals surface area contributed by atoms with Crippen LogP contribution >= 0.6 is 11.6 Å². The molecule has 5 heteroatoms. The number of carbonyl (C=O) groups is 1. The van der Waals surface area contributed by atoms with Crippen molar-refractivity contribution in [3.63, 3.8) is 0 Å². The van der Waals surface area contributed by atoms with E-state index >= 15 is 0 Å². The van der Waals surface area contributed by atoms with Crippen LogP contribution in [0.15, 0.2) is 36.7 Å². The van der Waals surface area contributed by atoms with E-state index in [9.17, 15) is 4.79 Å². The van der Waals surface area contributed by atoms with Crippen molar-refractivity contribution in [1.29, 1.82) is 0 Å². The van der Waals surface area contributed by atoms with Crippen molar-refractivity contribution in [3.05, 3.63) is 47.8 Å². The minimum absolute atomic E-state index is 0.185. The molecule has 2 aromatic rings. The third-order valence-electron chi connectivity index (χ3n) is 2.38. The molecule has 0 spiro atoms. The monoisotopic (exact) mass is 249 g/mol. The number of hydrogen-bond acceptors (Lipinski definition) is 2. The van der Waals surface area contributed by atoms with Crippen LogP contribution in [0.2, 0.25) is 0 Å². The van der Waals surface area contributed by atoms with E-state index in [0.717, 1.165) is 11.3 Å². The molecule has 0 saturated carbocycles. The van der Waals surface area contributed by atoms with Gasteiger partial charge in [0.2, 0.25) is 0 Å². The molecule has 1 N–H and O–H groups in total. The van der Waals surface area contributed by atoms with Gasteiger partial charge in [0.05, 0.1) is 11.8 Å². The van der Waals surface area contributed by atoms with E-state index in [-0.39, 0.29) is 5.91 Å². The second-order valence-corrected chi connectivity index (χ2v) is 3.91. The number of para-hydroxylation sites is 1. The molecule has 0 aliphatic carbocycles. The van der Waals surface area contributed by atoms with Crippen LogP contribution in [-0.2, 0) is 12.9 Å². The number of rotatable bonds is 3. The highest BCUT2D eigenvalue weighted by Crippen LogP contribution is 2.17. The number of hydrogen-bond donors (Lipinski definition) is 1. The smallest absolute Gasteiger partial charge is 0.258 e. The Bertz CT molecular complexity index is 536. The zero-order valence-corrected chi connectivity index (χ0v) is 10.1. The van der Waals surface area contributed by atoms with Gasteiger partial charge >= 0.3 is 0 Å². The van der Waals surface area contributed by atoms with E-state index in [1.807, 2.05) is 24.3 Å². The summed E-state index contributed by atoms with van der Waals surface area (Å²) < 4.78 is 1.59. The topological polar surface area (TPSA) is 46.9 Å². The maximum atomic E-state index is 11.9. The van der Waals surface area contributed by atoms with Gasteiger partial charge < -0.3 is 5.32 Å². The first-order valence-electron chi connectivity index (χ1n) is 5.14. The van der Waals surface area contributed by atoms with Crippen molar-refractivity contribution < 1.29 is 4.79 Å². The molecule has 1 heterocycles. The Morgan fingerprint density at radius 2 is 2.24 bits per heavy atom. The molecule has 0 aliphatic heterocycles. The van der Waals surface area contributed by atoms with Crippen LogP contribution in [0.3, 0.4) is 0 Å². The quantitative estimate of drug-likeness (QED) is 0.850. The number of amides is 1. The lowest BCUT2D eigenvalue weighted by Gasteiger charge is -2.07. The molecular weight excluding hydrogens is 238 g/mol. The van der Waals surface area contributed by atoms with E-state index in [4.69, 9.17) is 11.6 Å². The third-order valence-corrected chi connectivity index (χ3v) is 2.66. The third kappa shape index (κ3) is 2.65. The molecule has 17 heavy (non-hydrogen) atoms. The molecule has 1 amide bonds. The fourth-order valence-electron chi connectivity index (χ4n) is 1.49. The summed E-state index contributed by atoms with van der Waals surface area (Å²) in [5.74, 6) is 0.180. The Balaban J connectivity index is 2.18. The van der Waals surface area contributed by atoms with Gasteiger partial charge in [-0.05, 0) is 11.6 Å². The lowest BCUT2D eigenvalue weighted by atomic mass is 10.2. The van der Waals surface area contributed by atoms with E-state index in [1.54, 1.807) is 17.9 Å². The van der Waals surface area contributed by atoms with Gasteiger partial charge in [0.1, 0.15) is 0 Å². The van der Waals surface area contributed by atoms with E-state index in [2.05, 4.69) is 10.4 Å². The van der Waals surface area contributed by atoms with E-state index in [1.165, 1.54) is 6.20 Å². The number of carbonyl (C=O) groups excluding carboxylic acids is 1. The van der Waals surface area contributed by atoms with Gasteiger partial charge in [0, 0.05) is 24.8 Å². The molecule has 0 fully saturated rings. The number of aryl methyl sites for hydroxylation is 1. The zero-order valence-electron chi connectivity index (χ0n) is 9.35. The fourth-order valence-corrected chi connectivity index (χ4v) is 1.72. The summed E-state index contributed by atoms with van der Waals surface area (Å²) in [5.41, 5.74) is 2.15. The Kier molecular flexibility index (Phi) is 3.44. The molecule has 1 aromatic heterocycles. The predicted octanol–water partition coefficient (Wildman–Crippen LogP) is 2.41. The summed E-state index contributed by atoms with van der Waals surface area (Å²) in [5, 5.41) is 6.77. The van der Waals surface area contributed by atoms with Crippen molar-refractivity contribution in [2.75, 3.05) is 5.32 Å². The van der Waals surface area contributed by atoms with Crippen LogP contribution < -0.4 is 5.32 Å². The highest BCUT2D eigenvalue weighted by molar-refractivity contribution is 6.17. The van der Waals surface area contributed by atoms with Crippen LogP contribution in [0.5, 0.6) is 0 Å². The molecule has 0 aliphatic rings. The first-order valence-corrected chi connectivity index (χ1v) is 5.68. The van der Waals surface area contributed by atoms with Crippen LogP contribution in [0.1, 0.15) is 15.9 Å². The molecule has 2 rings (SSSR count). The molecule has 0 saturated heterocycles. The van der Waals surface area contributed by atoms with Gasteiger partial charge in [0.15, 0.2) is 0 Å². The average molecular weight is 250 g/mol. The van der Waals surface area contributed by atoms with Gasteiger partial charge in [-0.15, -0.1) is 11.6 Å². The normalized spacial score (nSPS) is 10.2. The average Bonchev–Trinajstić information content (AvgIpc) is 2.77. The molecule has 0 radical (unpaired) electrons. The van der Waals surface area contributed by atoms with Crippen molar-refractivity contribution in [2.24, 2.45) is 7.05 Å². The Morgan fingerprint density at radius 1 is 1.47 bits per heavy atom. The first-order chi connectivity index (χ1) is 8.20. The lowest BCUT2D eigenvalue weighted by molar-refractivity contribution is 0.102. The number of nitrogens with zero attached hydrogens (tertiary/aromatic N) is 2. The number of nitrogens with one attached hydrogen (secondary N) is 1. The first kappa shape index (κ1) is 11.7. The molecule has 1 aromatic carbocycles. The van der Waals surface area contributed by atoms with E-state index < -0.39 is 0 Å². The fraction of sp³-hybridized carbons (Fsp3) is 0.167. The Labute approximate surface area is 104 Å². The standard InChI is InChI=1S/C12H12ClN3O/c1-16-8-10(7-14-16)12(17)15-11-5-3-2-4-9(11)6-13/h2-5,7-8H,6H2,1H3,(H,15,17). The summed E-state index contributed by atoms with van der Waals surface area (Å²) >= 11 is 5.80. The molecule has 0 atom stereocenters. The number of benzene rings is 1. The molecule has 0 unspecified atom stereocenters. The van der Waals surface area contributed by atoms with Crippen molar-refractivity contribution >= 4 is 23.2 Å². The number of alkyl halides is 1. The largest absolute Gasteiger partial charge is 0.322 e. The van der Waals surface area contributed by atoms with Gasteiger partial charge in [-0.3, -0.25) is 9.48 Å². The van der Waals surface area contributed by atoms with Gasteiger partial charge in [0.25, 0.3) is 5.91 Å². The highest BCUT2D eigenvalue weighted by atomic mass is 35.5. The van der Waals surface area contributed by atoms with Gasteiger partial charge in [-0.25, -0.2) is 0 Å². The summed E-state index contributed by atoms with van der Waals surface area (Å²) in [7, 11) is 1.77. The van der Waals surface area contributed by atoms with Crippen molar-refractivity contribution in [2.45, 2.75) is 5.88 Å². The zero-order chi connectivity index (χ0) is 12.3. The van der Waals surface area contributed by atoms with E-state index in [0.29, 0.717) is 11.4 Å². The summed E-state index contributed by atoms with van der Waals surface area (Å²) in [6.45, 7) is 0. The number of anilines is 1. The molecule has 0 bridgehead atoms. The lowest BCUT2D eigenvalue weighted by Crippen LogP contribution is -2.12. The van der Waals surface area contributed by atoms with Crippen LogP contribution in [0.4, 0.5) is 5.69 Å². The van der Waals surface area contributed by atoms with Gasteiger partial charge in [-0.1, -0.05) is 18.2 Å². The maximum absolute atomic E-state index is 11.9. The SMILES string of the molecule is Cn1cc(C(=O)Nc2ccccc2CCl)cn1. The molecule has 4 nitrogen and oxygen atoms in total. The molecular formula is C12H12ClN3O. The second kappa shape index (κ2) is 5.01. The van der Waals surface area contributed by atoms with Crippen LogP contribution in [-0.4, -0.2) is 15.7 Å². The predicted molar refractivity (Wildman–Crippen MR) is 67.2 cm³/mol. The highest BCUT2D eigenvalue weighted by Gasteiger charge is 2.09. The van der Waals surface area contributed by atoms with Crippen molar-refractivity contribution in [1.82, 2.24) is 9.78 Å². The summed E-state index contributed by atoms with van der Waals surface area (Å²) in [6.07, 6.45) is 3.19. The molecule has 88 valence electrons. The Hall–Kier alpha value is -1.81. The minimum Gasteiger partial charge on any atom is -0.322 e. The summed E-state index contributed by atoms with van der Waals surface area (Å²) in [4.78, 5) is 11.9. The number of halogens is 1.